The summed E-state index contributed by atoms with van der Waals surface area (Å²) in [5.74, 6) is -6.88. The Morgan fingerprint density at radius 1 is 1.03 bits per heavy atom. The predicted octanol–water partition coefficient (Wildman–Crippen LogP) is -2.63. The van der Waals surface area contributed by atoms with Gasteiger partial charge < -0.3 is 41.7 Å². The van der Waals surface area contributed by atoms with Gasteiger partial charge in [-0.3, -0.25) is 10.5 Å². The molecule has 11 N–H and O–H groups in total. The predicted molar refractivity (Wildman–Crippen MR) is 102 cm³/mol. The van der Waals surface area contributed by atoms with E-state index in [1.54, 1.807) is 6.07 Å². The van der Waals surface area contributed by atoms with E-state index in [0.717, 1.165) is 0 Å². The van der Waals surface area contributed by atoms with Gasteiger partial charge in [0.2, 0.25) is 11.7 Å². The van der Waals surface area contributed by atoms with E-state index >= 15 is 0 Å². The minimum Gasteiger partial charge on any atom is -0.387 e. The van der Waals surface area contributed by atoms with Crippen LogP contribution in [0, 0.1) is 0 Å². The summed E-state index contributed by atoms with van der Waals surface area (Å²) in [6, 6.07) is 4.60. The highest BCUT2D eigenvalue weighted by atomic mass is 16.6. The van der Waals surface area contributed by atoms with Crippen molar-refractivity contribution >= 4 is 11.6 Å². The molecule has 0 radical (unpaired) electrons. The Hall–Kier alpha value is -1.67. The van der Waals surface area contributed by atoms with E-state index in [1.165, 1.54) is 32.9 Å². The van der Waals surface area contributed by atoms with E-state index in [9.17, 15) is 35.4 Å². The third kappa shape index (κ3) is 4.14. The molecule has 1 aliphatic rings. The van der Waals surface area contributed by atoms with Gasteiger partial charge in [-0.1, -0.05) is 12.1 Å². The molecule has 0 saturated heterocycles. The Morgan fingerprint density at radius 2 is 1.59 bits per heavy atom. The number of amides is 1. The molecule has 0 saturated carbocycles. The average molecular weight is 414 g/mol. The van der Waals surface area contributed by atoms with Crippen molar-refractivity contribution in [1.82, 2.24) is 4.90 Å². The van der Waals surface area contributed by atoms with Gasteiger partial charge in [0.1, 0.15) is 0 Å². The van der Waals surface area contributed by atoms with Gasteiger partial charge in [0.05, 0.1) is 24.2 Å². The van der Waals surface area contributed by atoms with E-state index in [1.807, 2.05) is 0 Å². The molecular formula is C18H30N4O7. The lowest BCUT2D eigenvalue weighted by atomic mass is 9.87. The summed E-state index contributed by atoms with van der Waals surface area (Å²) in [5.41, 5.74) is 7.00. The fourth-order valence-electron chi connectivity index (χ4n) is 3.17. The number of benzene rings is 1. The molecule has 2 rings (SSSR count). The molecule has 1 aromatic carbocycles. The van der Waals surface area contributed by atoms with Gasteiger partial charge in [-0.05, 0) is 39.3 Å². The lowest BCUT2D eigenvalue weighted by Gasteiger charge is -2.54. The number of nitrogens with one attached hydrogen (secondary N) is 1. The summed E-state index contributed by atoms with van der Waals surface area (Å²) in [6.45, 7) is 3.58. The Labute approximate surface area is 168 Å². The zero-order valence-corrected chi connectivity index (χ0v) is 16.8. The van der Waals surface area contributed by atoms with Gasteiger partial charge in [0, 0.05) is 11.3 Å². The summed E-state index contributed by atoms with van der Waals surface area (Å²) in [6.07, 6.45) is -0.0580. The van der Waals surface area contributed by atoms with Gasteiger partial charge in [-0.15, -0.1) is 0 Å². The maximum atomic E-state index is 11.7. The molecule has 0 fully saturated rings. The molecule has 2 atom stereocenters. The molecule has 1 aromatic rings. The highest BCUT2D eigenvalue weighted by molar-refractivity contribution is 5.99. The van der Waals surface area contributed by atoms with Crippen LogP contribution in [0.3, 0.4) is 0 Å². The van der Waals surface area contributed by atoms with Crippen LogP contribution in [-0.4, -0.2) is 71.0 Å². The minimum absolute atomic E-state index is 0.0580. The van der Waals surface area contributed by atoms with Crippen molar-refractivity contribution in [2.24, 2.45) is 11.5 Å². The molecule has 164 valence electrons. The van der Waals surface area contributed by atoms with Crippen LogP contribution in [0.1, 0.15) is 38.8 Å². The van der Waals surface area contributed by atoms with E-state index in [-0.39, 0.29) is 17.9 Å². The number of anilines is 1. The molecule has 29 heavy (non-hydrogen) atoms. The first-order valence-electron chi connectivity index (χ1n) is 8.94. The fraction of sp³-hybridized carbons (Fsp3) is 0.611. The molecule has 0 spiro atoms. The molecule has 1 heterocycles. The Morgan fingerprint density at radius 3 is 2.07 bits per heavy atom. The molecule has 11 nitrogen and oxygen atoms in total. The fourth-order valence-corrected chi connectivity index (χ4v) is 3.17. The van der Waals surface area contributed by atoms with E-state index in [0.29, 0.717) is 23.1 Å². The largest absolute Gasteiger partial charge is 0.387 e. The second-order valence-electron chi connectivity index (χ2n) is 8.43. The Bertz CT molecular complexity index is 768. The van der Waals surface area contributed by atoms with E-state index < -0.39 is 35.2 Å². The molecule has 0 bridgehead atoms. The standard InChI is InChI=1S/C18H30N4O7/c1-14(2,24)15(3,19)22(18(28,29)16(4,25)26)9-17(20,27)11-6-5-7-12-10(11)8-13(23)21-12/h5-7,24-29H,8-9,19-20H2,1-4H3,(H,21,23). The minimum atomic E-state index is -3.43. The van der Waals surface area contributed by atoms with Crippen LogP contribution in [0.15, 0.2) is 18.2 Å². The molecular weight excluding hydrogens is 384 g/mol. The van der Waals surface area contributed by atoms with Crippen molar-refractivity contribution in [3.63, 3.8) is 0 Å². The Kier molecular flexibility index (Phi) is 5.65. The molecule has 1 aliphatic heterocycles. The number of carbonyl (C=O) groups excluding carboxylic acids is 1. The van der Waals surface area contributed by atoms with Crippen LogP contribution in [0.5, 0.6) is 0 Å². The lowest BCUT2D eigenvalue weighted by Crippen LogP contribution is -2.78. The van der Waals surface area contributed by atoms with Gasteiger partial charge in [-0.25, -0.2) is 4.90 Å². The van der Waals surface area contributed by atoms with Crippen molar-refractivity contribution in [3.05, 3.63) is 29.3 Å². The van der Waals surface area contributed by atoms with E-state index in [2.05, 4.69) is 5.32 Å². The first kappa shape index (κ1) is 23.6. The molecule has 2 unspecified atom stereocenters. The molecule has 0 aliphatic carbocycles. The second kappa shape index (κ2) is 6.94. The summed E-state index contributed by atoms with van der Waals surface area (Å²) in [5, 5.41) is 64.9. The van der Waals surface area contributed by atoms with Crippen molar-refractivity contribution < 1.29 is 35.4 Å². The third-order valence-electron chi connectivity index (χ3n) is 5.46. The quantitative estimate of drug-likeness (QED) is 0.212. The number of hydrogen-bond acceptors (Lipinski definition) is 10. The smallest absolute Gasteiger partial charge is 0.283 e. The van der Waals surface area contributed by atoms with Crippen molar-refractivity contribution in [3.8, 4) is 0 Å². The van der Waals surface area contributed by atoms with Crippen LogP contribution in [0.25, 0.3) is 0 Å². The van der Waals surface area contributed by atoms with Gasteiger partial charge in [-0.2, -0.15) is 0 Å². The SMILES string of the molecule is CC(C)(O)C(C)(N)N(CC(N)(O)c1cccc2c1CC(=O)N2)C(O)(O)C(C)(O)O. The Balaban J connectivity index is 2.58. The summed E-state index contributed by atoms with van der Waals surface area (Å²) < 4.78 is 0. The van der Waals surface area contributed by atoms with Gasteiger partial charge in [0.25, 0.3) is 5.91 Å². The topological polar surface area (TPSA) is 206 Å². The number of carbonyl (C=O) groups is 1. The van der Waals surface area contributed by atoms with E-state index in [4.69, 9.17) is 11.5 Å². The van der Waals surface area contributed by atoms with Crippen LogP contribution >= 0.6 is 0 Å². The van der Waals surface area contributed by atoms with Crippen molar-refractivity contribution in [1.29, 1.82) is 0 Å². The van der Waals surface area contributed by atoms with Crippen molar-refractivity contribution in [2.75, 3.05) is 11.9 Å². The number of hydrogen-bond donors (Lipinski definition) is 9. The zero-order valence-electron chi connectivity index (χ0n) is 16.8. The van der Waals surface area contributed by atoms with Crippen molar-refractivity contribution in [2.45, 2.75) is 62.8 Å². The van der Waals surface area contributed by atoms with Crippen LogP contribution in [0.2, 0.25) is 0 Å². The molecule has 1 amide bonds. The molecule has 0 aromatic heterocycles. The first-order chi connectivity index (χ1) is 12.8. The van der Waals surface area contributed by atoms with Gasteiger partial charge in [0.15, 0.2) is 5.72 Å². The molecule has 11 heteroatoms. The number of rotatable bonds is 7. The highest BCUT2D eigenvalue weighted by Crippen LogP contribution is 2.37. The van der Waals surface area contributed by atoms with Crippen LogP contribution < -0.4 is 16.8 Å². The van der Waals surface area contributed by atoms with Crippen LogP contribution in [0.4, 0.5) is 5.69 Å². The van der Waals surface area contributed by atoms with Crippen LogP contribution in [-0.2, 0) is 16.9 Å². The first-order valence-corrected chi connectivity index (χ1v) is 8.94. The second-order valence-corrected chi connectivity index (χ2v) is 8.43. The average Bonchev–Trinajstić information content (AvgIpc) is 2.89. The lowest BCUT2D eigenvalue weighted by molar-refractivity contribution is -0.429. The number of fused-ring (bicyclic) bond motifs is 1. The zero-order chi connectivity index (χ0) is 22.6. The summed E-state index contributed by atoms with van der Waals surface area (Å²) in [4.78, 5) is 12.2. The number of nitrogens with zero attached hydrogens (tertiary/aromatic N) is 1. The summed E-state index contributed by atoms with van der Waals surface area (Å²) >= 11 is 0. The maximum Gasteiger partial charge on any atom is 0.283 e. The normalized spacial score (nSPS) is 19.6. The number of aliphatic hydroxyl groups is 6. The highest BCUT2D eigenvalue weighted by Gasteiger charge is 2.59. The van der Waals surface area contributed by atoms with Gasteiger partial charge >= 0.3 is 0 Å². The third-order valence-corrected chi connectivity index (χ3v) is 5.46. The number of nitrogens with two attached hydrogens (primary N) is 2. The monoisotopic (exact) mass is 414 g/mol. The summed E-state index contributed by atoms with van der Waals surface area (Å²) in [7, 11) is 0. The maximum absolute atomic E-state index is 11.7.